The normalized spacial score (nSPS) is 14.2. The van der Waals surface area contributed by atoms with Crippen LogP contribution in [0.25, 0.3) is 0 Å². The third kappa shape index (κ3) is 5.31. The number of carboxylic acids is 1. The predicted molar refractivity (Wildman–Crippen MR) is 82.0 cm³/mol. The molecule has 1 aromatic carbocycles. The van der Waals surface area contributed by atoms with E-state index in [-0.39, 0.29) is 0 Å². The molecule has 4 heteroatoms. The summed E-state index contributed by atoms with van der Waals surface area (Å²) >= 11 is 0. The van der Waals surface area contributed by atoms with Crippen molar-refractivity contribution in [3.05, 3.63) is 35.9 Å². The first-order valence-electron chi connectivity index (χ1n) is 7.19. The van der Waals surface area contributed by atoms with Crippen LogP contribution in [0.2, 0.25) is 0 Å². The monoisotopic (exact) mass is 278 g/mol. The number of hydrogen-bond acceptors (Lipinski definition) is 3. The highest BCUT2D eigenvalue weighted by molar-refractivity contribution is 5.78. The quantitative estimate of drug-likeness (QED) is 0.725. The van der Waals surface area contributed by atoms with Crippen LogP contribution in [-0.2, 0) is 11.2 Å². The van der Waals surface area contributed by atoms with Gasteiger partial charge in [-0.25, -0.2) is 0 Å². The van der Waals surface area contributed by atoms with E-state index < -0.39 is 11.5 Å². The van der Waals surface area contributed by atoms with Crippen LogP contribution in [0.15, 0.2) is 30.3 Å². The van der Waals surface area contributed by atoms with E-state index in [2.05, 4.69) is 22.3 Å². The molecule has 112 valence electrons. The number of likely N-dealkylation sites (N-methyl/N-ethyl adjacent to an activating group) is 1. The Labute approximate surface area is 121 Å². The molecule has 0 heterocycles. The number of nitrogens with zero attached hydrogens (tertiary/aromatic N) is 1. The molecule has 0 aliphatic carbocycles. The molecule has 0 spiro atoms. The van der Waals surface area contributed by atoms with Crippen LogP contribution in [0.3, 0.4) is 0 Å². The van der Waals surface area contributed by atoms with Crippen molar-refractivity contribution in [1.29, 1.82) is 0 Å². The van der Waals surface area contributed by atoms with Crippen LogP contribution in [0.5, 0.6) is 0 Å². The van der Waals surface area contributed by atoms with Crippen molar-refractivity contribution in [2.45, 2.75) is 32.2 Å². The maximum Gasteiger partial charge on any atom is 0.324 e. The van der Waals surface area contributed by atoms with Crippen LogP contribution in [0.1, 0.15) is 25.8 Å². The topological polar surface area (TPSA) is 52.6 Å². The second kappa shape index (κ2) is 8.02. The summed E-state index contributed by atoms with van der Waals surface area (Å²) < 4.78 is 0. The molecule has 1 atom stereocenters. The van der Waals surface area contributed by atoms with Crippen LogP contribution in [-0.4, -0.2) is 48.2 Å². The van der Waals surface area contributed by atoms with Gasteiger partial charge < -0.3 is 15.3 Å². The van der Waals surface area contributed by atoms with Crippen LogP contribution < -0.4 is 5.32 Å². The lowest BCUT2D eigenvalue weighted by atomic mass is 10.0. The third-order valence-corrected chi connectivity index (χ3v) is 3.45. The zero-order valence-corrected chi connectivity index (χ0v) is 12.7. The molecule has 1 unspecified atom stereocenters. The Morgan fingerprint density at radius 3 is 2.55 bits per heavy atom. The summed E-state index contributed by atoms with van der Waals surface area (Å²) in [5.41, 5.74) is 0.388. The number of nitrogens with one attached hydrogen (secondary N) is 1. The molecule has 0 bridgehead atoms. The van der Waals surface area contributed by atoms with Crippen molar-refractivity contribution in [2.24, 2.45) is 0 Å². The van der Waals surface area contributed by atoms with Crippen molar-refractivity contribution in [1.82, 2.24) is 10.2 Å². The van der Waals surface area contributed by atoms with Gasteiger partial charge in [0.15, 0.2) is 0 Å². The summed E-state index contributed by atoms with van der Waals surface area (Å²) in [6, 6.07) is 10.3. The summed E-state index contributed by atoms with van der Waals surface area (Å²) in [5.74, 6) is -0.794. The molecular weight excluding hydrogens is 252 g/mol. The molecule has 2 N–H and O–H groups in total. The SMILES string of the molecule is CCCNC(C)(CN(C)CCc1ccccc1)C(=O)O. The van der Waals surface area contributed by atoms with Gasteiger partial charge in [0.1, 0.15) is 5.54 Å². The highest BCUT2D eigenvalue weighted by Gasteiger charge is 2.33. The fraction of sp³-hybridized carbons (Fsp3) is 0.562. The molecule has 0 aliphatic rings. The number of aliphatic carboxylic acids is 1. The minimum absolute atomic E-state index is 0.495. The minimum Gasteiger partial charge on any atom is -0.480 e. The van der Waals surface area contributed by atoms with Crippen LogP contribution >= 0.6 is 0 Å². The summed E-state index contributed by atoms with van der Waals surface area (Å²) in [7, 11) is 1.97. The van der Waals surface area contributed by atoms with E-state index in [9.17, 15) is 9.90 Å². The zero-order chi connectivity index (χ0) is 15.0. The molecular formula is C16H26N2O2. The summed E-state index contributed by atoms with van der Waals surface area (Å²) in [6.07, 6.45) is 1.86. The fourth-order valence-corrected chi connectivity index (χ4v) is 2.18. The number of benzene rings is 1. The summed E-state index contributed by atoms with van der Waals surface area (Å²) in [6.45, 7) is 5.85. The molecule has 1 aromatic rings. The Hall–Kier alpha value is -1.39. The summed E-state index contributed by atoms with van der Waals surface area (Å²) in [5, 5.41) is 12.5. The van der Waals surface area contributed by atoms with Gasteiger partial charge in [-0.2, -0.15) is 0 Å². The van der Waals surface area contributed by atoms with E-state index in [4.69, 9.17) is 0 Å². The smallest absolute Gasteiger partial charge is 0.324 e. The van der Waals surface area contributed by atoms with Crippen molar-refractivity contribution in [3.8, 4) is 0 Å². The molecule has 0 saturated carbocycles. The molecule has 0 radical (unpaired) electrons. The average molecular weight is 278 g/mol. The van der Waals surface area contributed by atoms with Gasteiger partial charge in [-0.1, -0.05) is 37.3 Å². The van der Waals surface area contributed by atoms with E-state index in [1.165, 1.54) is 5.56 Å². The van der Waals surface area contributed by atoms with Gasteiger partial charge in [0, 0.05) is 13.1 Å². The molecule has 1 rings (SSSR count). The van der Waals surface area contributed by atoms with Crippen molar-refractivity contribution >= 4 is 5.97 Å². The van der Waals surface area contributed by atoms with E-state index in [0.717, 1.165) is 25.9 Å². The Morgan fingerprint density at radius 2 is 2.00 bits per heavy atom. The lowest BCUT2D eigenvalue weighted by Gasteiger charge is -2.31. The molecule has 0 saturated heterocycles. The standard InChI is InChI=1S/C16H26N2O2/c1-4-11-17-16(2,15(19)20)13-18(3)12-10-14-8-6-5-7-9-14/h5-9,17H,4,10-13H2,1-3H3,(H,19,20). The predicted octanol–water partition coefficient (Wildman–Crippen LogP) is 2.00. The van der Waals surface area contributed by atoms with Gasteiger partial charge in [0.2, 0.25) is 0 Å². The number of hydrogen-bond donors (Lipinski definition) is 2. The third-order valence-electron chi connectivity index (χ3n) is 3.45. The second-order valence-corrected chi connectivity index (χ2v) is 5.54. The maximum absolute atomic E-state index is 11.4. The number of carboxylic acid groups (broad SMARTS) is 1. The van der Waals surface area contributed by atoms with Gasteiger partial charge in [-0.15, -0.1) is 0 Å². The van der Waals surface area contributed by atoms with E-state index >= 15 is 0 Å². The molecule has 0 amide bonds. The van der Waals surface area contributed by atoms with Crippen molar-refractivity contribution < 1.29 is 9.90 Å². The van der Waals surface area contributed by atoms with E-state index in [0.29, 0.717) is 6.54 Å². The van der Waals surface area contributed by atoms with Crippen LogP contribution in [0.4, 0.5) is 0 Å². The first-order chi connectivity index (χ1) is 9.48. The molecule has 20 heavy (non-hydrogen) atoms. The van der Waals surface area contributed by atoms with Gasteiger partial charge in [0.05, 0.1) is 0 Å². The van der Waals surface area contributed by atoms with E-state index in [1.54, 1.807) is 6.92 Å². The zero-order valence-electron chi connectivity index (χ0n) is 12.7. The Kier molecular flexibility index (Phi) is 6.68. The minimum atomic E-state index is -0.887. The molecule has 4 nitrogen and oxygen atoms in total. The molecule has 0 aromatic heterocycles. The van der Waals surface area contributed by atoms with Crippen LogP contribution in [0, 0.1) is 0 Å². The Morgan fingerprint density at radius 1 is 1.35 bits per heavy atom. The first-order valence-corrected chi connectivity index (χ1v) is 7.19. The fourth-order valence-electron chi connectivity index (χ4n) is 2.18. The lowest BCUT2D eigenvalue weighted by molar-refractivity contribution is -0.144. The molecule has 0 fully saturated rings. The average Bonchev–Trinajstić information content (AvgIpc) is 2.44. The number of rotatable bonds is 9. The molecule has 0 aliphatic heterocycles. The largest absolute Gasteiger partial charge is 0.480 e. The second-order valence-electron chi connectivity index (χ2n) is 5.54. The highest BCUT2D eigenvalue weighted by Crippen LogP contribution is 2.08. The number of carbonyl (C=O) groups is 1. The lowest BCUT2D eigenvalue weighted by Crippen LogP contribution is -2.56. The van der Waals surface area contributed by atoms with E-state index in [1.807, 2.05) is 32.2 Å². The van der Waals surface area contributed by atoms with Gasteiger partial charge >= 0.3 is 5.97 Å². The summed E-state index contributed by atoms with van der Waals surface area (Å²) in [4.78, 5) is 13.5. The highest BCUT2D eigenvalue weighted by atomic mass is 16.4. The first kappa shape index (κ1) is 16.7. The van der Waals surface area contributed by atoms with Crippen molar-refractivity contribution in [2.75, 3.05) is 26.7 Å². The van der Waals surface area contributed by atoms with Gasteiger partial charge in [-0.3, -0.25) is 4.79 Å². The van der Waals surface area contributed by atoms with Gasteiger partial charge in [0.25, 0.3) is 0 Å². The Bertz CT molecular complexity index is 408. The maximum atomic E-state index is 11.4. The van der Waals surface area contributed by atoms with Gasteiger partial charge in [-0.05, 0) is 38.9 Å². The Balaban J connectivity index is 2.49. The van der Waals surface area contributed by atoms with Crippen molar-refractivity contribution in [3.63, 3.8) is 0 Å².